The first-order valence-electron chi connectivity index (χ1n) is 11.6. The molecule has 0 saturated heterocycles. The summed E-state index contributed by atoms with van der Waals surface area (Å²) in [6.45, 7) is 2.21. The number of fused-ring (bicyclic) bond motifs is 3. The highest BCUT2D eigenvalue weighted by Crippen LogP contribution is 2.44. The summed E-state index contributed by atoms with van der Waals surface area (Å²) in [6.07, 6.45) is 2.55. The van der Waals surface area contributed by atoms with Crippen molar-refractivity contribution >= 4 is 18.0 Å². The van der Waals surface area contributed by atoms with E-state index in [1.165, 1.54) is 0 Å². The SMILES string of the molecule is CCC[C@@H](NC(=O)C1(CNC(=O)OCC2c3ccccc3-c3ccccc32)CCC1)C(=O)O. The smallest absolute Gasteiger partial charge is 0.407 e. The number of carboxylic acids is 1. The standard InChI is InChI=1S/C26H30N2O5/c1-2-8-22(23(29)30)28-24(31)26(13-7-14-26)16-27-25(32)33-15-21-19-11-5-3-9-17(19)18-10-4-6-12-20(18)21/h3-6,9-12,21-22H,2,7-8,13-16H2,1H3,(H,27,32)(H,28,31)(H,29,30)/t22-/m1/s1. The van der Waals surface area contributed by atoms with Gasteiger partial charge >= 0.3 is 12.1 Å². The first-order valence-corrected chi connectivity index (χ1v) is 11.6. The highest BCUT2D eigenvalue weighted by Gasteiger charge is 2.45. The summed E-state index contributed by atoms with van der Waals surface area (Å²) >= 11 is 0. The van der Waals surface area contributed by atoms with Crippen LogP contribution in [0, 0.1) is 5.41 Å². The van der Waals surface area contributed by atoms with Crippen molar-refractivity contribution in [3.05, 3.63) is 59.7 Å². The van der Waals surface area contributed by atoms with Crippen molar-refractivity contribution in [2.45, 2.75) is 51.0 Å². The third-order valence-electron chi connectivity index (χ3n) is 6.89. The number of benzene rings is 2. The van der Waals surface area contributed by atoms with Gasteiger partial charge in [0.25, 0.3) is 0 Å². The minimum atomic E-state index is -1.04. The molecule has 2 aromatic carbocycles. The average molecular weight is 451 g/mol. The summed E-state index contributed by atoms with van der Waals surface area (Å²) in [5.41, 5.74) is 3.82. The third kappa shape index (κ3) is 4.58. The molecule has 4 rings (SSSR count). The molecule has 3 N–H and O–H groups in total. The van der Waals surface area contributed by atoms with Gasteiger partial charge in [0.05, 0.1) is 5.41 Å². The first kappa shape index (κ1) is 22.8. The Hall–Kier alpha value is -3.35. The van der Waals surface area contributed by atoms with E-state index in [1.54, 1.807) is 0 Å². The van der Waals surface area contributed by atoms with Crippen LogP contribution in [0.25, 0.3) is 11.1 Å². The van der Waals surface area contributed by atoms with Gasteiger partial charge in [-0.15, -0.1) is 0 Å². The molecular formula is C26H30N2O5. The maximum Gasteiger partial charge on any atom is 0.407 e. The second-order valence-corrected chi connectivity index (χ2v) is 8.97. The van der Waals surface area contributed by atoms with Gasteiger partial charge < -0.3 is 20.5 Å². The Kier molecular flexibility index (Phi) is 6.67. The van der Waals surface area contributed by atoms with Crippen LogP contribution in [0.2, 0.25) is 0 Å². The Morgan fingerprint density at radius 3 is 2.18 bits per heavy atom. The molecule has 2 aliphatic rings. The molecule has 7 heteroatoms. The predicted octanol–water partition coefficient (Wildman–Crippen LogP) is 4.06. The molecule has 1 atom stereocenters. The lowest BCUT2D eigenvalue weighted by molar-refractivity contribution is -0.145. The quantitative estimate of drug-likeness (QED) is 0.534. The lowest BCUT2D eigenvalue weighted by Gasteiger charge is -2.40. The Labute approximate surface area is 193 Å². The normalized spacial score (nSPS) is 16.6. The molecule has 33 heavy (non-hydrogen) atoms. The molecule has 2 aliphatic carbocycles. The van der Waals surface area contributed by atoms with Crippen molar-refractivity contribution in [1.29, 1.82) is 0 Å². The van der Waals surface area contributed by atoms with Crippen LogP contribution in [0.4, 0.5) is 4.79 Å². The highest BCUT2D eigenvalue weighted by atomic mass is 16.5. The third-order valence-corrected chi connectivity index (χ3v) is 6.89. The van der Waals surface area contributed by atoms with E-state index in [9.17, 15) is 19.5 Å². The van der Waals surface area contributed by atoms with Crippen molar-refractivity contribution < 1.29 is 24.2 Å². The Morgan fingerprint density at radius 1 is 1.06 bits per heavy atom. The molecule has 0 spiro atoms. The van der Waals surface area contributed by atoms with Crippen molar-refractivity contribution in [1.82, 2.24) is 10.6 Å². The van der Waals surface area contributed by atoms with Crippen molar-refractivity contribution in [3.63, 3.8) is 0 Å². The number of hydrogen-bond acceptors (Lipinski definition) is 4. The zero-order valence-electron chi connectivity index (χ0n) is 18.8. The zero-order chi connectivity index (χ0) is 23.4. The number of carbonyl (C=O) groups is 3. The van der Waals surface area contributed by atoms with Gasteiger partial charge in [0.2, 0.25) is 5.91 Å². The molecule has 1 saturated carbocycles. The number of amides is 2. The summed E-state index contributed by atoms with van der Waals surface area (Å²) in [5.74, 6) is -1.38. The first-order chi connectivity index (χ1) is 15.9. The number of nitrogens with one attached hydrogen (secondary N) is 2. The van der Waals surface area contributed by atoms with E-state index in [0.717, 1.165) is 28.7 Å². The number of carbonyl (C=O) groups excluding carboxylic acids is 2. The highest BCUT2D eigenvalue weighted by molar-refractivity contribution is 5.88. The molecule has 2 aromatic rings. The zero-order valence-corrected chi connectivity index (χ0v) is 18.8. The molecular weight excluding hydrogens is 420 g/mol. The van der Waals surface area contributed by atoms with E-state index in [4.69, 9.17) is 4.74 Å². The molecule has 0 radical (unpaired) electrons. The van der Waals surface area contributed by atoms with E-state index in [-0.39, 0.29) is 25.0 Å². The van der Waals surface area contributed by atoms with Crippen molar-refractivity contribution in [2.75, 3.05) is 13.2 Å². The van der Waals surface area contributed by atoms with Gasteiger partial charge in [-0.2, -0.15) is 0 Å². The topological polar surface area (TPSA) is 105 Å². The van der Waals surface area contributed by atoms with Gasteiger partial charge in [-0.25, -0.2) is 9.59 Å². The average Bonchev–Trinajstić information content (AvgIpc) is 3.10. The van der Waals surface area contributed by atoms with E-state index >= 15 is 0 Å². The van der Waals surface area contributed by atoms with Gasteiger partial charge in [-0.05, 0) is 41.5 Å². The summed E-state index contributed by atoms with van der Waals surface area (Å²) in [5, 5.41) is 14.7. The monoisotopic (exact) mass is 450 g/mol. The van der Waals surface area contributed by atoms with E-state index in [0.29, 0.717) is 25.7 Å². The number of carboxylic acid groups (broad SMARTS) is 1. The largest absolute Gasteiger partial charge is 0.480 e. The summed E-state index contributed by atoms with van der Waals surface area (Å²) in [4.78, 5) is 36.7. The maximum absolute atomic E-state index is 12.8. The van der Waals surface area contributed by atoms with Crippen LogP contribution in [-0.2, 0) is 14.3 Å². The second kappa shape index (κ2) is 9.65. The lowest BCUT2D eigenvalue weighted by Crippen LogP contribution is -2.55. The van der Waals surface area contributed by atoms with Gasteiger partial charge in [0.1, 0.15) is 12.6 Å². The molecule has 7 nitrogen and oxygen atoms in total. The predicted molar refractivity (Wildman–Crippen MR) is 124 cm³/mol. The molecule has 0 unspecified atom stereocenters. The maximum atomic E-state index is 12.8. The summed E-state index contributed by atoms with van der Waals surface area (Å²) < 4.78 is 5.57. The molecule has 2 amide bonds. The van der Waals surface area contributed by atoms with Gasteiger partial charge in [0.15, 0.2) is 0 Å². The van der Waals surface area contributed by atoms with E-state index < -0.39 is 23.5 Å². The summed E-state index contributed by atoms with van der Waals surface area (Å²) in [7, 11) is 0. The minimum absolute atomic E-state index is 0.0329. The van der Waals surface area contributed by atoms with E-state index in [2.05, 4.69) is 34.9 Å². The fourth-order valence-corrected chi connectivity index (χ4v) is 4.84. The number of alkyl carbamates (subject to hydrolysis) is 1. The van der Waals surface area contributed by atoms with Crippen molar-refractivity contribution in [2.24, 2.45) is 5.41 Å². The fourth-order valence-electron chi connectivity index (χ4n) is 4.84. The molecule has 0 bridgehead atoms. The van der Waals surface area contributed by atoms with Crippen LogP contribution in [0.15, 0.2) is 48.5 Å². The van der Waals surface area contributed by atoms with Crippen LogP contribution < -0.4 is 10.6 Å². The van der Waals surface area contributed by atoms with Crippen LogP contribution in [-0.4, -0.2) is 42.3 Å². The number of ether oxygens (including phenoxy) is 1. The Bertz CT molecular complexity index is 1000. The van der Waals surface area contributed by atoms with Crippen LogP contribution in [0.3, 0.4) is 0 Å². The van der Waals surface area contributed by atoms with Crippen LogP contribution in [0.5, 0.6) is 0 Å². The lowest BCUT2D eigenvalue weighted by atomic mass is 9.68. The minimum Gasteiger partial charge on any atom is -0.480 e. The Balaban J connectivity index is 1.35. The molecule has 0 aromatic heterocycles. The van der Waals surface area contributed by atoms with E-state index in [1.807, 2.05) is 31.2 Å². The molecule has 0 aliphatic heterocycles. The number of rotatable bonds is 9. The number of hydrogen-bond donors (Lipinski definition) is 3. The van der Waals surface area contributed by atoms with Crippen LogP contribution in [0.1, 0.15) is 56.1 Å². The molecule has 1 fully saturated rings. The molecule has 0 heterocycles. The van der Waals surface area contributed by atoms with Gasteiger partial charge in [0, 0.05) is 12.5 Å². The number of aliphatic carboxylic acids is 1. The molecule has 174 valence electrons. The van der Waals surface area contributed by atoms with Crippen molar-refractivity contribution in [3.8, 4) is 11.1 Å². The van der Waals surface area contributed by atoms with Gasteiger partial charge in [-0.3, -0.25) is 4.79 Å². The Morgan fingerprint density at radius 2 is 1.67 bits per heavy atom. The summed E-state index contributed by atoms with van der Waals surface area (Å²) in [6, 6.07) is 15.4. The van der Waals surface area contributed by atoms with Gasteiger partial charge in [-0.1, -0.05) is 68.3 Å². The van der Waals surface area contributed by atoms with Crippen LogP contribution >= 0.6 is 0 Å². The second-order valence-electron chi connectivity index (χ2n) is 8.97. The fraction of sp³-hybridized carbons (Fsp3) is 0.423.